The van der Waals surface area contributed by atoms with Crippen molar-refractivity contribution in [3.05, 3.63) is 0 Å². The van der Waals surface area contributed by atoms with Crippen molar-refractivity contribution in [1.82, 2.24) is 0 Å². The van der Waals surface area contributed by atoms with E-state index in [1.54, 1.807) is 0 Å². The average molecular weight is 268 g/mol. The maximum Gasteiger partial charge on any atom is 0.0154 e. The lowest BCUT2D eigenvalue weighted by Crippen LogP contribution is -2.43. The molecule has 0 aliphatic heterocycles. The number of rotatable bonds is 10. The number of hydrogen-bond acceptors (Lipinski definition) is 1. The van der Waals surface area contributed by atoms with Gasteiger partial charge in [-0.15, -0.1) is 0 Å². The van der Waals surface area contributed by atoms with E-state index >= 15 is 0 Å². The minimum absolute atomic E-state index is 0.202. The highest BCUT2D eigenvalue weighted by Gasteiger charge is 2.30. The molecule has 1 aliphatic carbocycles. The molecule has 1 rings (SSSR count). The molecular formula is C18H37N. The maximum atomic E-state index is 6.59. The summed E-state index contributed by atoms with van der Waals surface area (Å²) in [7, 11) is 0. The largest absolute Gasteiger partial charge is 0.325 e. The van der Waals surface area contributed by atoms with Crippen LogP contribution in [0.4, 0.5) is 0 Å². The van der Waals surface area contributed by atoms with Crippen LogP contribution < -0.4 is 5.73 Å². The molecule has 0 amide bonds. The number of nitrogens with two attached hydrogens (primary N) is 1. The van der Waals surface area contributed by atoms with Gasteiger partial charge in [-0.1, -0.05) is 71.6 Å². The van der Waals surface area contributed by atoms with Crippen LogP contribution in [0.5, 0.6) is 0 Å². The van der Waals surface area contributed by atoms with Gasteiger partial charge in [0.05, 0.1) is 0 Å². The van der Waals surface area contributed by atoms with Crippen LogP contribution in [-0.2, 0) is 0 Å². The zero-order valence-electron chi connectivity index (χ0n) is 13.6. The van der Waals surface area contributed by atoms with Gasteiger partial charge < -0.3 is 5.73 Å². The van der Waals surface area contributed by atoms with Crippen LogP contribution in [0, 0.1) is 5.92 Å². The van der Waals surface area contributed by atoms with Crippen molar-refractivity contribution in [1.29, 1.82) is 0 Å². The Labute approximate surface area is 121 Å². The molecule has 0 saturated heterocycles. The third-order valence-electron chi connectivity index (χ3n) is 5.10. The van der Waals surface area contributed by atoms with Crippen LogP contribution in [0.3, 0.4) is 0 Å². The summed E-state index contributed by atoms with van der Waals surface area (Å²) in [6.45, 7) is 4.58. The van der Waals surface area contributed by atoms with Crippen molar-refractivity contribution >= 4 is 0 Å². The van der Waals surface area contributed by atoms with E-state index in [1.165, 1.54) is 89.9 Å². The molecule has 1 nitrogen and oxygen atoms in total. The minimum Gasteiger partial charge on any atom is -0.325 e. The Kier molecular flexibility index (Phi) is 8.77. The van der Waals surface area contributed by atoms with Crippen LogP contribution in [0.15, 0.2) is 0 Å². The first-order valence-electron chi connectivity index (χ1n) is 8.99. The van der Waals surface area contributed by atoms with Crippen LogP contribution in [0.1, 0.15) is 104 Å². The first kappa shape index (κ1) is 17.0. The highest BCUT2D eigenvalue weighted by Crippen LogP contribution is 2.36. The third kappa shape index (κ3) is 7.34. The van der Waals surface area contributed by atoms with Gasteiger partial charge in [-0.2, -0.15) is 0 Å². The zero-order valence-corrected chi connectivity index (χ0v) is 13.6. The van der Waals surface area contributed by atoms with Gasteiger partial charge in [-0.3, -0.25) is 0 Å². The van der Waals surface area contributed by atoms with E-state index in [-0.39, 0.29) is 5.54 Å². The predicted molar refractivity (Wildman–Crippen MR) is 86.4 cm³/mol. The monoisotopic (exact) mass is 267 g/mol. The normalized spacial score (nSPS) is 27.6. The second-order valence-corrected chi connectivity index (χ2v) is 6.97. The molecule has 114 valence electrons. The summed E-state index contributed by atoms with van der Waals surface area (Å²) in [5.41, 5.74) is 6.79. The molecule has 1 fully saturated rings. The van der Waals surface area contributed by atoms with Crippen LogP contribution in [-0.4, -0.2) is 5.54 Å². The molecule has 19 heavy (non-hydrogen) atoms. The Morgan fingerprint density at radius 1 is 0.842 bits per heavy atom. The Hall–Kier alpha value is -0.0400. The van der Waals surface area contributed by atoms with Crippen molar-refractivity contribution in [2.75, 3.05) is 0 Å². The van der Waals surface area contributed by atoms with Crippen LogP contribution in [0.2, 0.25) is 0 Å². The van der Waals surface area contributed by atoms with Gasteiger partial charge in [-0.25, -0.2) is 0 Å². The van der Waals surface area contributed by atoms with Gasteiger partial charge >= 0.3 is 0 Å². The Balaban J connectivity index is 2.07. The molecule has 0 bridgehead atoms. The highest BCUT2D eigenvalue weighted by atomic mass is 14.7. The summed E-state index contributed by atoms with van der Waals surface area (Å²) in [5, 5.41) is 0. The fourth-order valence-corrected chi connectivity index (χ4v) is 3.54. The predicted octanol–water partition coefficient (Wildman–Crippen LogP) is 5.81. The second-order valence-electron chi connectivity index (χ2n) is 6.97. The Morgan fingerprint density at radius 3 is 2.05 bits per heavy atom. The van der Waals surface area contributed by atoms with Gasteiger partial charge in [-0.05, 0) is 38.0 Å². The smallest absolute Gasteiger partial charge is 0.0154 e. The lowest BCUT2D eigenvalue weighted by Gasteiger charge is -2.37. The average Bonchev–Trinajstić information content (AvgIpc) is 2.42. The van der Waals surface area contributed by atoms with E-state index in [0.29, 0.717) is 0 Å². The summed E-state index contributed by atoms with van der Waals surface area (Å²) >= 11 is 0. The minimum atomic E-state index is 0.202. The van der Waals surface area contributed by atoms with E-state index in [4.69, 9.17) is 5.73 Å². The lowest BCUT2D eigenvalue weighted by molar-refractivity contribution is 0.207. The summed E-state index contributed by atoms with van der Waals surface area (Å²) < 4.78 is 0. The summed E-state index contributed by atoms with van der Waals surface area (Å²) in [6, 6.07) is 0. The summed E-state index contributed by atoms with van der Waals surface area (Å²) in [5.74, 6) is 0.987. The fraction of sp³-hybridized carbons (Fsp3) is 1.00. The van der Waals surface area contributed by atoms with Crippen LogP contribution >= 0.6 is 0 Å². The molecule has 0 aromatic heterocycles. The Morgan fingerprint density at radius 2 is 1.42 bits per heavy atom. The van der Waals surface area contributed by atoms with E-state index in [0.717, 1.165) is 5.92 Å². The van der Waals surface area contributed by atoms with Gasteiger partial charge in [0.15, 0.2) is 0 Å². The quantitative estimate of drug-likeness (QED) is 0.496. The van der Waals surface area contributed by atoms with E-state index < -0.39 is 0 Å². The topological polar surface area (TPSA) is 26.0 Å². The molecular weight excluding hydrogens is 230 g/mol. The first-order valence-corrected chi connectivity index (χ1v) is 8.99. The number of hydrogen-bond donors (Lipinski definition) is 1. The molecule has 1 heteroatoms. The zero-order chi connectivity index (χ0) is 14.0. The molecule has 0 aromatic carbocycles. The summed E-state index contributed by atoms with van der Waals surface area (Å²) in [4.78, 5) is 0. The molecule has 0 heterocycles. The van der Waals surface area contributed by atoms with Crippen molar-refractivity contribution in [3.63, 3.8) is 0 Å². The summed E-state index contributed by atoms with van der Waals surface area (Å²) in [6.07, 6.45) is 19.2. The van der Waals surface area contributed by atoms with Gasteiger partial charge in [0.25, 0.3) is 0 Å². The second kappa shape index (κ2) is 9.80. The molecule has 0 unspecified atom stereocenters. The molecule has 0 spiro atoms. The van der Waals surface area contributed by atoms with Crippen LogP contribution in [0.25, 0.3) is 0 Å². The third-order valence-corrected chi connectivity index (χ3v) is 5.10. The molecule has 0 radical (unpaired) electrons. The van der Waals surface area contributed by atoms with E-state index in [2.05, 4.69) is 13.8 Å². The number of unbranched alkanes of at least 4 members (excludes halogenated alkanes) is 6. The molecule has 2 N–H and O–H groups in total. The Bertz CT molecular complexity index is 204. The molecule has 0 atom stereocenters. The lowest BCUT2D eigenvalue weighted by atomic mass is 9.73. The van der Waals surface area contributed by atoms with Crippen molar-refractivity contribution in [2.24, 2.45) is 11.7 Å². The molecule has 1 saturated carbocycles. The van der Waals surface area contributed by atoms with Crippen molar-refractivity contribution in [2.45, 2.75) is 109 Å². The van der Waals surface area contributed by atoms with Crippen molar-refractivity contribution < 1.29 is 0 Å². The van der Waals surface area contributed by atoms with Crippen molar-refractivity contribution in [3.8, 4) is 0 Å². The molecule has 1 aliphatic rings. The van der Waals surface area contributed by atoms with Gasteiger partial charge in [0, 0.05) is 5.54 Å². The van der Waals surface area contributed by atoms with Gasteiger partial charge in [0.1, 0.15) is 0 Å². The van der Waals surface area contributed by atoms with Gasteiger partial charge in [0.2, 0.25) is 0 Å². The fourth-order valence-electron chi connectivity index (χ4n) is 3.54. The van der Waals surface area contributed by atoms with E-state index in [1.807, 2.05) is 0 Å². The first-order chi connectivity index (χ1) is 9.20. The maximum absolute atomic E-state index is 6.59. The van der Waals surface area contributed by atoms with E-state index in [9.17, 15) is 0 Å². The standard InChI is InChI=1S/C18H37N/c1-3-5-7-8-9-10-14-18(19)15-12-17(13-16-18)11-6-4-2/h17H,3-16,19H2,1-2H3. The highest BCUT2D eigenvalue weighted by molar-refractivity contribution is 4.89. The SMILES string of the molecule is CCCCCCCCC1(N)CCC(CCCC)CC1. The molecule has 0 aromatic rings.